The van der Waals surface area contributed by atoms with Crippen molar-refractivity contribution in [3.05, 3.63) is 24.0 Å². The van der Waals surface area contributed by atoms with Gasteiger partial charge in [-0.2, -0.15) is 0 Å². The van der Waals surface area contributed by atoms with Crippen molar-refractivity contribution in [2.75, 3.05) is 23.4 Å². The summed E-state index contributed by atoms with van der Waals surface area (Å²) in [6.07, 6.45) is 1.76. The highest BCUT2D eigenvalue weighted by Crippen LogP contribution is 2.25. The van der Waals surface area contributed by atoms with Crippen molar-refractivity contribution in [2.45, 2.75) is 18.9 Å². The zero-order valence-corrected chi connectivity index (χ0v) is 11.5. The fraction of sp³-hybridized carbons (Fsp3) is 0.385. The van der Waals surface area contributed by atoms with Gasteiger partial charge in [-0.3, -0.25) is 4.90 Å². The second-order valence-corrected chi connectivity index (χ2v) is 5.21. The van der Waals surface area contributed by atoms with Crippen LogP contribution in [0.25, 0.3) is 0 Å². The van der Waals surface area contributed by atoms with Crippen molar-refractivity contribution in [2.24, 2.45) is 0 Å². The molecule has 2 fully saturated rings. The van der Waals surface area contributed by atoms with E-state index in [-0.39, 0.29) is 5.69 Å². The van der Waals surface area contributed by atoms with E-state index in [4.69, 9.17) is 17.0 Å². The first-order valence-electron chi connectivity index (χ1n) is 6.45. The first-order valence-corrected chi connectivity index (χ1v) is 6.85. The lowest BCUT2D eigenvalue weighted by Crippen LogP contribution is -2.30. The molecule has 1 aromatic rings. The Balaban J connectivity index is 1.75. The van der Waals surface area contributed by atoms with Gasteiger partial charge in [0.2, 0.25) is 0 Å². The number of ether oxygens (including phenoxy) is 1. The van der Waals surface area contributed by atoms with Gasteiger partial charge in [0.15, 0.2) is 5.11 Å². The van der Waals surface area contributed by atoms with E-state index >= 15 is 0 Å². The number of anilines is 2. The van der Waals surface area contributed by atoms with Crippen molar-refractivity contribution in [1.29, 1.82) is 0 Å². The number of amides is 1. The normalized spacial score (nSPS) is 17.9. The SMILES string of the molecule is O=C1OCCN1c1ccc(F)c(NC(=S)NC2CC2)c1. The van der Waals surface area contributed by atoms with Gasteiger partial charge in [-0.25, -0.2) is 9.18 Å². The van der Waals surface area contributed by atoms with E-state index in [1.165, 1.54) is 11.0 Å². The monoisotopic (exact) mass is 295 g/mol. The van der Waals surface area contributed by atoms with Gasteiger partial charge in [0.25, 0.3) is 0 Å². The van der Waals surface area contributed by atoms with Gasteiger partial charge >= 0.3 is 6.09 Å². The highest BCUT2D eigenvalue weighted by atomic mass is 32.1. The Bertz CT molecular complexity index is 563. The van der Waals surface area contributed by atoms with Crippen LogP contribution in [0, 0.1) is 5.82 Å². The quantitative estimate of drug-likeness (QED) is 0.838. The summed E-state index contributed by atoms with van der Waals surface area (Å²) in [5, 5.41) is 6.30. The number of rotatable bonds is 3. The van der Waals surface area contributed by atoms with Gasteiger partial charge in [-0.05, 0) is 43.3 Å². The highest BCUT2D eigenvalue weighted by Gasteiger charge is 2.25. The average Bonchev–Trinajstić information content (AvgIpc) is 3.11. The number of hydrogen-bond donors (Lipinski definition) is 2. The molecule has 1 saturated carbocycles. The molecule has 20 heavy (non-hydrogen) atoms. The maximum Gasteiger partial charge on any atom is 0.414 e. The Kier molecular flexibility index (Phi) is 3.43. The van der Waals surface area contributed by atoms with E-state index in [0.29, 0.717) is 30.0 Å². The standard InChI is InChI=1S/C13H14FN3O2S/c14-10-4-3-9(17-5-6-19-13(17)18)7-11(10)16-12(20)15-8-1-2-8/h3-4,7-8H,1-2,5-6H2,(H2,15,16,20). The maximum absolute atomic E-state index is 13.8. The van der Waals surface area contributed by atoms with Crippen molar-refractivity contribution < 1.29 is 13.9 Å². The Hall–Kier alpha value is -1.89. The molecule has 1 heterocycles. The molecule has 2 aliphatic rings. The molecular formula is C13H14FN3O2S. The predicted octanol–water partition coefficient (Wildman–Crippen LogP) is 2.23. The maximum atomic E-state index is 13.8. The largest absolute Gasteiger partial charge is 0.447 e. The Labute approximate surface area is 121 Å². The number of nitrogens with zero attached hydrogens (tertiary/aromatic N) is 1. The minimum absolute atomic E-state index is 0.250. The third-order valence-electron chi connectivity index (χ3n) is 3.18. The lowest BCUT2D eigenvalue weighted by Gasteiger charge is -2.16. The van der Waals surface area contributed by atoms with Gasteiger partial charge in [0, 0.05) is 11.7 Å². The number of carbonyl (C=O) groups is 1. The van der Waals surface area contributed by atoms with Crippen molar-refractivity contribution >= 4 is 34.8 Å². The molecule has 7 heteroatoms. The molecule has 106 valence electrons. The summed E-state index contributed by atoms with van der Waals surface area (Å²) in [5.74, 6) is -0.415. The van der Waals surface area contributed by atoms with E-state index in [9.17, 15) is 9.18 Å². The molecule has 3 rings (SSSR count). The van der Waals surface area contributed by atoms with Crippen LogP contribution in [-0.2, 0) is 4.74 Å². The van der Waals surface area contributed by atoms with Crippen LogP contribution in [0.2, 0.25) is 0 Å². The number of carbonyl (C=O) groups excluding carboxylic acids is 1. The minimum atomic E-state index is -0.416. The van der Waals surface area contributed by atoms with Crippen LogP contribution in [0.5, 0.6) is 0 Å². The lowest BCUT2D eigenvalue weighted by atomic mass is 10.2. The van der Waals surface area contributed by atoms with Crippen molar-refractivity contribution in [3.8, 4) is 0 Å². The number of hydrogen-bond acceptors (Lipinski definition) is 3. The highest BCUT2D eigenvalue weighted by molar-refractivity contribution is 7.80. The number of thiocarbonyl (C=S) groups is 1. The zero-order valence-electron chi connectivity index (χ0n) is 10.7. The molecule has 1 aliphatic carbocycles. The van der Waals surface area contributed by atoms with E-state index in [1.807, 2.05) is 0 Å². The Morgan fingerprint density at radius 1 is 1.45 bits per heavy atom. The fourth-order valence-corrected chi connectivity index (χ4v) is 2.25. The molecular weight excluding hydrogens is 281 g/mol. The second-order valence-electron chi connectivity index (χ2n) is 4.80. The molecule has 1 aliphatic heterocycles. The third-order valence-corrected chi connectivity index (χ3v) is 3.40. The number of halogens is 1. The molecule has 0 atom stereocenters. The van der Waals surface area contributed by atoms with Crippen LogP contribution in [-0.4, -0.2) is 30.4 Å². The fourth-order valence-electron chi connectivity index (χ4n) is 1.98. The molecule has 0 spiro atoms. The Morgan fingerprint density at radius 2 is 2.25 bits per heavy atom. The van der Waals surface area contributed by atoms with Gasteiger partial charge in [0.05, 0.1) is 12.2 Å². The predicted molar refractivity (Wildman–Crippen MR) is 77.5 cm³/mol. The number of cyclic esters (lactones) is 1. The molecule has 0 aromatic heterocycles. The van der Waals surface area contributed by atoms with Crippen LogP contribution < -0.4 is 15.5 Å². The average molecular weight is 295 g/mol. The molecule has 2 N–H and O–H groups in total. The van der Waals surface area contributed by atoms with Gasteiger partial charge in [-0.15, -0.1) is 0 Å². The summed E-state index contributed by atoms with van der Waals surface area (Å²) in [6.45, 7) is 0.815. The molecule has 0 radical (unpaired) electrons. The lowest BCUT2D eigenvalue weighted by molar-refractivity contribution is 0.181. The van der Waals surface area contributed by atoms with Gasteiger partial charge in [0.1, 0.15) is 12.4 Å². The van der Waals surface area contributed by atoms with Crippen LogP contribution in [0.3, 0.4) is 0 Å². The topological polar surface area (TPSA) is 53.6 Å². The molecule has 0 bridgehead atoms. The van der Waals surface area contributed by atoms with Crippen molar-refractivity contribution in [1.82, 2.24) is 5.32 Å². The molecule has 5 nitrogen and oxygen atoms in total. The summed E-state index contributed by atoms with van der Waals surface area (Å²) in [6, 6.07) is 4.81. The molecule has 1 amide bonds. The molecule has 0 unspecified atom stereocenters. The van der Waals surface area contributed by atoms with Crippen LogP contribution >= 0.6 is 12.2 Å². The van der Waals surface area contributed by atoms with E-state index < -0.39 is 11.9 Å². The summed E-state index contributed by atoms with van der Waals surface area (Å²) in [7, 11) is 0. The Morgan fingerprint density at radius 3 is 2.90 bits per heavy atom. The van der Waals surface area contributed by atoms with E-state index in [2.05, 4.69) is 10.6 Å². The summed E-state index contributed by atoms with van der Waals surface area (Å²) >= 11 is 5.12. The van der Waals surface area contributed by atoms with Gasteiger partial charge in [-0.1, -0.05) is 0 Å². The van der Waals surface area contributed by atoms with Crippen LogP contribution in [0.4, 0.5) is 20.6 Å². The van der Waals surface area contributed by atoms with Gasteiger partial charge < -0.3 is 15.4 Å². The smallest absolute Gasteiger partial charge is 0.414 e. The minimum Gasteiger partial charge on any atom is -0.447 e. The van der Waals surface area contributed by atoms with E-state index in [0.717, 1.165) is 12.8 Å². The summed E-state index contributed by atoms with van der Waals surface area (Å²) in [5.41, 5.74) is 0.839. The summed E-state index contributed by atoms with van der Waals surface area (Å²) < 4.78 is 18.6. The molecule has 1 saturated heterocycles. The second kappa shape index (κ2) is 5.24. The van der Waals surface area contributed by atoms with Crippen LogP contribution in [0.1, 0.15) is 12.8 Å². The zero-order chi connectivity index (χ0) is 14.1. The first-order chi connectivity index (χ1) is 9.63. The molecule has 1 aromatic carbocycles. The number of benzene rings is 1. The number of nitrogens with one attached hydrogen (secondary N) is 2. The third kappa shape index (κ3) is 2.82. The van der Waals surface area contributed by atoms with Crippen molar-refractivity contribution in [3.63, 3.8) is 0 Å². The first kappa shape index (κ1) is 13.1. The van der Waals surface area contributed by atoms with Crippen LogP contribution in [0.15, 0.2) is 18.2 Å². The van der Waals surface area contributed by atoms with E-state index in [1.54, 1.807) is 12.1 Å². The summed E-state index contributed by atoms with van der Waals surface area (Å²) in [4.78, 5) is 13.0.